The van der Waals surface area contributed by atoms with Crippen LogP contribution in [0.25, 0.3) is 11.4 Å². The Morgan fingerprint density at radius 3 is 2.60 bits per heavy atom. The summed E-state index contributed by atoms with van der Waals surface area (Å²) in [4.78, 5) is 18.0. The number of aromatic nitrogens is 2. The molecule has 3 rings (SSSR count). The molecule has 0 N–H and O–H groups in total. The first-order chi connectivity index (χ1) is 12.1. The number of hydrogen-bond donors (Lipinski definition) is 0. The van der Waals surface area contributed by atoms with Crippen molar-refractivity contribution in [1.82, 2.24) is 15.0 Å². The van der Waals surface area contributed by atoms with E-state index in [1.54, 1.807) is 7.05 Å². The Balaban J connectivity index is 1.57. The molecule has 128 valence electrons. The zero-order chi connectivity index (χ0) is 17.6. The summed E-state index contributed by atoms with van der Waals surface area (Å²) in [6.45, 7) is 2.13. The number of aryl methyl sites for hydroxylation is 1. The first-order valence-corrected chi connectivity index (χ1v) is 7.94. The zero-order valence-electron chi connectivity index (χ0n) is 14.2. The van der Waals surface area contributed by atoms with E-state index >= 15 is 0 Å². The van der Waals surface area contributed by atoms with Gasteiger partial charge in [0.1, 0.15) is 5.75 Å². The van der Waals surface area contributed by atoms with Gasteiger partial charge in [-0.15, -0.1) is 0 Å². The second kappa shape index (κ2) is 7.61. The second-order valence-corrected chi connectivity index (χ2v) is 5.68. The molecule has 0 aliphatic rings. The molecule has 0 unspecified atom stereocenters. The van der Waals surface area contributed by atoms with Gasteiger partial charge in [-0.05, 0) is 18.6 Å². The minimum absolute atomic E-state index is 0.0406. The van der Waals surface area contributed by atoms with E-state index in [0.29, 0.717) is 17.5 Å². The van der Waals surface area contributed by atoms with Crippen LogP contribution in [0.15, 0.2) is 59.1 Å². The van der Waals surface area contributed by atoms with Crippen LogP contribution in [0.4, 0.5) is 0 Å². The van der Waals surface area contributed by atoms with Crippen molar-refractivity contribution in [2.45, 2.75) is 13.5 Å². The number of amides is 1. The van der Waals surface area contributed by atoms with Crippen LogP contribution in [0, 0.1) is 6.92 Å². The number of carbonyl (C=O) groups is 1. The lowest BCUT2D eigenvalue weighted by atomic mass is 10.2. The number of benzene rings is 2. The topological polar surface area (TPSA) is 68.5 Å². The number of ether oxygens (including phenoxy) is 1. The van der Waals surface area contributed by atoms with Crippen LogP contribution in [-0.4, -0.2) is 34.6 Å². The van der Waals surface area contributed by atoms with Crippen LogP contribution >= 0.6 is 0 Å². The molecular formula is C19H19N3O3. The number of carbonyl (C=O) groups excluding carboxylic acids is 1. The van der Waals surface area contributed by atoms with Crippen molar-refractivity contribution in [2.75, 3.05) is 13.7 Å². The van der Waals surface area contributed by atoms with E-state index in [4.69, 9.17) is 9.26 Å². The smallest absolute Gasteiger partial charge is 0.260 e. The summed E-state index contributed by atoms with van der Waals surface area (Å²) in [6.07, 6.45) is 0. The first kappa shape index (κ1) is 16.7. The molecule has 1 aromatic heterocycles. The molecule has 0 aliphatic heterocycles. The quantitative estimate of drug-likeness (QED) is 0.691. The number of likely N-dealkylation sites (N-methyl/N-ethyl adjacent to an activating group) is 1. The molecule has 0 spiro atoms. The highest BCUT2D eigenvalue weighted by molar-refractivity contribution is 5.77. The first-order valence-electron chi connectivity index (χ1n) is 7.94. The molecule has 1 amide bonds. The predicted octanol–water partition coefficient (Wildman–Crippen LogP) is 3.08. The minimum Gasteiger partial charge on any atom is -0.484 e. The van der Waals surface area contributed by atoms with E-state index in [1.165, 1.54) is 4.90 Å². The van der Waals surface area contributed by atoms with Crippen LogP contribution in [0.2, 0.25) is 0 Å². The number of hydrogen-bond acceptors (Lipinski definition) is 5. The van der Waals surface area contributed by atoms with Crippen LogP contribution in [-0.2, 0) is 11.3 Å². The van der Waals surface area contributed by atoms with Gasteiger partial charge >= 0.3 is 0 Å². The molecular weight excluding hydrogens is 318 g/mol. The number of para-hydroxylation sites is 1. The van der Waals surface area contributed by atoms with E-state index in [-0.39, 0.29) is 19.1 Å². The summed E-state index contributed by atoms with van der Waals surface area (Å²) in [7, 11) is 1.68. The molecule has 0 atom stereocenters. The molecule has 2 aromatic carbocycles. The molecule has 0 fully saturated rings. The van der Waals surface area contributed by atoms with Crippen molar-refractivity contribution >= 4 is 5.91 Å². The van der Waals surface area contributed by atoms with Gasteiger partial charge in [0.2, 0.25) is 11.7 Å². The fourth-order valence-corrected chi connectivity index (χ4v) is 2.28. The van der Waals surface area contributed by atoms with Gasteiger partial charge in [-0.1, -0.05) is 53.7 Å². The number of nitrogens with zero attached hydrogens (tertiary/aromatic N) is 3. The van der Waals surface area contributed by atoms with Gasteiger partial charge in [0, 0.05) is 12.6 Å². The van der Waals surface area contributed by atoms with Crippen molar-refractivity contribution < 1.29 is 14.1 Å². The summed E-state index contributed by atoms with van der Waals surface area (Å²) in [5.74, 6) is 1.43. The van der Waals surface area contributed by atoms with E-state index in [0.717, 1.165) is 11.1 Å². The Labute approximate surface area is 146 Å². The Morgan fingerprint density at radius 1 is 1.12 bits per heavy atom. The normalized spacial score (nSPS) is 10.5. The van der Waals surface area contributed by atoms with Crippen molar-refractivity contribution in [3.8, 4) is 17.1 Å². The Hall–Kier alpha value is -3.15. The molecule has 0 saturated heterocycles. The third-order valence-electron chi connectivity index (χ3n) is 3.74. The number of rotatable bonds is 6. The molecule has 6 nitrogen and oxygen atoms in total. The highest BCUT2D eigenvalue weighted by Crippen LogP contribution is 2.17. The Bertz CT molecular complexity index is 846. The van der Waals surface area contributed by atoms with Crippen LogP contribution in [0.1, 0.15) is 11.5 Å². The maximum Gasteiger partial charge on any atom is 0.260 e. The molecule has 6 heteroatoms. The summed E-state index contributed by atoms with van der Waals surface area (Å²) in [5, 5.41) is 3.95. The lowest BCUT2D eigenvalue weighted by Crippen LogP contribution is -2.31. The van der Waals surface area contributed by atoms with Crippen LogP contribution in [0.5, 0.6) is 5.75 Å². The maximum absolute atomic E-state index is 12.2. The molecule has 1 heterocycles. The summed E-state index contributed by atoms with van der Waals surface area (Å²) in [5.41, 5.74) is 1.86. The van der Waals surface area contributed by atoms with Crippen molar-refractivity contribution in [2.24, 2.45) is 0 Å². The lowest BCUT2D eigenvalue weighted by molar-refractivity contribution is -0.132. The fourth-order valence-electron chi connectivity index (χ4n) is 2.28. The molecule has 0 saturated carbocycles. The van der Waals surface area contributed by atoms with Crippen molar-refractivity contribution in [3.05, 3.63) is 66.1 Å². The van der Waals surface area contributed by atoms with Gasteiger partial charge in [0.25, 0.3) is 5.91 Å². The average molecular weight is 337 g/mol. The lowest BCUT2D eigenvalue weighted by Gasteiger charge is -2.15. The third kappa shape index (κ3) is 4.23. The van der Waals surface area contributed by atoms with E-state index in [2.05, 4.69) is 10.1 Å². The zero-order valence-corrected chi connectivity index (χ0v) is 14.2. The third-order valence-corrected chi connectivity index (χ3v) is 3.74. The summed E-state index contributed by atoms with van der Waals surface area (Å²) >= 11 is 0. The highest BCUT2D eigenvalue weighted by atomic mass is 16.5. The molecule has 25 heavy (non-hydrogen) atoms. The van der Waals surface area contributed by atoms with Crippen molar-refractivity contribution in [3.63, 3.8) is 0 Å². The Kier molecular flexibility index (Phi) is 5.09. The SMILES string of the molecule is Cc1ccccc1OCC(=O)N(C)Cc1nc(-c2ccccc2)no1. The Morgan fingerprint density at radius 2 is 1.84 bits per heavy atom. The molecule has 0 aliphatic carbocycles. The van der Waals surface area contributed by atoms with E-state index in [1.807, 2.05) is 61.5 Å². The average Bonchev–Trinajstić information content (AvgIpc) is 3.10. The van der Waals surface area contributed by atoms with Gasteiger partial charge in [-0.3, -0.25) is 4.79 Å². The van der Waals surface area contributed by atoms with E-state index in [9.17, 15) is 4.79 Å². The van der Waals surface area contributed by atoms with Crippen LogP contribution in [0.3, 0.4) is 0 Å². The van der Waals surface area contributed by atoms with Gasteiger partial charge in [0.15, 0.2) is 6.61 Å². The standard InChI is InChI=1S/C19H19N3O3/c1-14-8-6-7-11-16(14)24-13-18(23)22(2)12-17-20-19(21-25-17)15-9-4-3-5-10-15/h3-11H,12-13H2,1-2H3. The predicted molar refractivity (Wildman–Crippen MR) is 92.9 cm³/mol. The second-order valence-electron chi connectivity index (χ2n) is 5.68. The van der Waals surface area contributed by atoms with Gasteiger partial charge in [-0.2, -0.15) is 4.98 Å². The maximum atomic E-state index is 12.2. The van der Waals surface area contributed by atoms with Gasteiger partial charge in [0.05, 0.1) is 6.54 Å². The van der Waals surface area contributed by atoms with Gasteiger partial charge < -0.3 is 14.2 Å². The summed E-state index contributed by atoms with van der Waals surface area (Å²) < 4.78 is 10.8. The van der Waals surface area contributed by atoms with Crippen molar-refractivity contribution in [1.29, 1.82) is 0 Å². The van der Waals surface area contributed by atoms with E-state index < -0.39 is 0 Å². The monoisotopic (exact) mass is 337 g/mol. The fraction of sp³-hybridized carbons (Fsp3) is 0.211. The molecule has 0 radical (unpaired) electrons. The molecule has 0 bridgehead atoms. The van der Waals surface area contributed by atoms with Gasteiger partial charge in [-0.25, -0.2) is 0 Å². The highest BCUT2D eigenvalue weighted by Gasteiger charge is 2.15. The largest absolute Gasteiger partial charge is 0.484 e. The summed E-state index contributed by atoms with van der Waals surface area (Å²) in [6, 6.07) is 17.1. The molecule has 3 aromatic rings. The van der Waals surface area contributed by atoms with Crippen LogP contribution < -0.4 is 4.74 Å². The minimum atomic E-state index is -0.164.